The molecule has 8 heteroatoms. The first-order valence-electron chi connectivity index (χ1n) is 10.8. The lowest BCUT2D eigenvalue weighted by atomic mass is 10.1. The zero-order valence-corrected chi connectivity index (χ0v) is 19.9. The van der Waals surface area contributed by atoms with E-state index in [0.29, 0.717) is 36.9 Å². The van der Waals surface area contributed by atoms with Crippen LogP contribution in [-0.4, -0.2) is 47.4 Å². The van der Waals surface area contributed by atoms with Crippen molar-refractivity contribution in [2.75, 3.05) is 19.7 Å². The molecule has 2 aromatic carbocycles. The number of hydrogen-bond donors (Lipinski definition) is 0. The zero-order valence-electron chi connectivity index (χ0n) is 18.3. The number of ether oxygens (including phenoxy) is 1. The van der Waals surface area contributed by atoms with Crippen LogP contribution in [0, 0.1) is 6.57 Å². The van der Waals surface area contributed by atoms with Crippen molar-refractivity contribution in [1.82, 2.24) is 9.80 Å². The second kappa shape index (κ2) is 10.3. The van der Waals surface area contributed by atoms with Gasteiger partial charge in [-0.2, -0.15) is 0 Å². The Morgan fingerprint density at radius 3 is 2.70 bits per heavy atom. The number of benzene rings is 2. The van der Waals surface area contributed by atoms with Crippen molar-refractivity contribution < 1.29 is 14.3 Å². The third-order valence-electron chi connectivity index (χ3n) is 5.69. The number of rotatable bonds is 7. The lowest BCUT2D eigenvalue weighted by Crippen LogP contribution is -2.56. The van der Waals surface area contributed by atoms with Crippen LogP contribution >= 0.6 is 22.9 Å². The molecule has 1 aliphatic heterocycles. The Morgan fingerprint density at radius 1 is 1.18 bits per heavy atom. The molecule has 6 nitrogen and oxygen atoms in total. The summed E-state index contributed by atoms with van der Waals surface area (Å²) in [5, 5.41) is 1.82. The fourth-order valence-corrected chi connectivity index (χ4v) is 5.42. The van der Waals surface area contributed by atoms with Crippen molar-refractivity contribution in [2.24, 2.45) is 0 Å². The molecule has 0 saturated carbocycles. The molecule has 1 aromatic heterocycles. The maximum atomic E-state index is 13.4. The first kappa shape index (κ1) is 23.2. The Labute approximate surface area is 202 Å². The Morgan fingerprint density at radius 2 is 1.97 bits per heavy atom. The maximum absolute atomic E-state index is 13.4. The van der Waals surface area contributed by atoms with Gasteiger partial charge in [0, 0.05) is 40.8 Å². The number of esters is 1. The second-order valence-electron chi connectivity index (χ2n) is 7.93. The Hall–Kier alpha value is -2.92. The molecule has 0 N–H and O–H groups in total. The van der Waals surface area contributed by atoms with Crippen molar-refractivity contribution in [2.45, 2.75) is 32.5 Å². The van der Waals surface area contributed by atoms with Gasteiger partial charge in [0.1, 0.15) is 6.04 Å². The normalized spacial score (nSPS) is 16.7. The van der Waals surface area contributed by atoms with E-state index in [1.165, 1.54) is 0 Å². The van der Waals surface area contributed by atoms with E-state index in [0.717, 1.165) is 20.5 Å². The number of thiophene rings is 1. The molecule has 0 aliphatic carbocycles. The highest BCUT2D eigenvalue weighted by atomic mass is 35.5. The van der Waals surface area contributed by atoms with Gasteiger partial charge in [-0.25, -0.2) is 4.85 Å². The molecular formula is C25H24ClN3O3S. The predicted molar refractivity (Wildman–Crippen MR) is 130 cm³/mol. The van der Waals surface area contributed by atoms with Gasteiger partial charge < -0.3 is 9.64 Å². The van der Waals surface area contributed by atoms with Crippen LogP contribution in [0.25, 0.3) is 14.9 Å². The maximum Gasteiger partial charge on any atom is 0.307 e. The molecule has 1 fully saturated rings. The van der Waals surface area contributed by atoms with Crippen LogP contribution in [0.2, 0.25) is 5.02 Å². The molecule has 0 radical (unpaired) electrons. The molecule has 4 rings (SSSR count). The van der Waals surface area contributed by atoms with Gasteiger partial charge in [0.05, 0.1) is 19.6 Å². The molecular weight excluding hydrogens is 458 g/mol. The van der Waals surface area contributed by atoms with Crippen molar-refractivity contribution in [1.29, 1.82) is 0 Å². The van der Waals surface area contributed by atoms with E-state index >= 15 is 0 Å². The number of nitrogens with zero attached hydrogens (tertiary/aromatic N) is 3. The zero-order chi connectivity index (χ0) is 23.4. The number of carbonyl (C=O) groups is 2. The fraction of sp³-hybridized carbons (Fsp3) is 0.320. The molecule has 170 valence electrons. The van der Waals surface area contributed by atoms with Crippen LogP contribution in [-0.2, 0) is 27.4 Å². The van der Waals surface area contributed by atoms with Gasteiger partial charge in [-0.15, -0.1) is 11.3 Å². The van der Waals surface area contributed by atoms with Crippen molar-refractivity contribution in [3.8, 4) is 0 Å². The largest absolute Gasteiger partial charge is 0.466 e. The fourth-order valence-electron chi connectivity index (χ4n) is 4.06. The van der Waals surface area contributed by atoms with Gasteiger partial charge >= 0.3 is 5.97 Å². The van der Waals surface area contributed by atoms with Crippen molar-refractivity contribution in [3.05, 3.63) is 75.4 Å². The molecule has 1 amide bonds. The van der Waals surface area contributed by atoms with Crippen LogP contribution < -0.4 is 0 Å². The number of hydrogen-bond acceptors (Lipinski definition) is 5. The minimum atomic E-state index is -0.575. The monoisotopic (exact) mass is 481 g/mol. The van der Waals surface area contributed by atoms with Gasteiger partial charge in [0.2, 0.25) is 5.91 Å². The highest BCUT2D eigenvalue weighted by molar-refractivity contribution is 7.19. The Balaban J connectivity index is 1.52. The summed E-state index contributed by atoms with van der Waals surface area (Å²) in [4.78, 5) is 34.1. The van der Waals surface area contributed by atoms with E-state index in [1.807, 2.05) is 30.3 Å². The highest BCUT2D eigenvalue weighted by Crippen LogP contribution is 2.30. The van der Waals surface area contributed by atoms with E-state index in [1.54, 1.807) is 35.3 Å². The minimum Gasteiger partial charge on any atom is -0.466 e. The van der Waals surface area contributed by atoms with Crippen LogP contribution in [0.5, 0.6) is 0 Å². The van der Waals surface area contributed by atoms with E-state index in [9.17, 15) is 9.59 Å². The summed E-state index contributed by atoms with van der Waals surface area (Å²) in [6.07, 6.45) is 0.0244. The third-order valence-corrected chi connectivity index (χ3v) is 7.01. The van der Waals surface area contributed by atoms with E-state index < -0.39 is 6.04 Å². The average molecular weight is 482 g/mol. The number of amides is 1. The van der Waals surface area contributed by atoms with Gasteiger partial charge in [-0.3, -0.25) is 14.5 Å². The second-order valence-corrected chi connectivity index (χ2v) is 9.53. The molecule has 0 spiro atoms. The van der Waals surface area contributed by atoms with E-state index in [4.69, 9.17) is 22.9 Å². The molecule has 1 atom stereocenters. The first-order valence-corrected chi connectivity index (χ1v) is 12.0. The Bertz CT molecular complexity index is 1200. The van der Waals surface area contributed by atoms with Crippen LogP contribution in [0.4, 0.5) is 5.69 Å². The van der Waals surface area contributed by atoms with E-state index in [2.05, 4.69) is 15.8 Å². The SMILES string of the molecule is [C-]#[N+]c1ccc(CN2CCN(Cc3cc4ccc(Cl)cc4s3)C(CC(=O)OCC)C2=O)cc1. The van der Waals surface area contributed by atoms with E-state index in [-0.39, 0.29) is 24.9 Å². The molecule has 3 aromatic rings. The lowest BCUT2D eigenvalue weighted by molar-refractivity contribution is -0.153. The van der Waals surface area contributed by atoms with Gasteiger partial charge in [-0.1, -0.05) is 41.9 Å². The van der Waals surface area contributed by atoms with Gasteiger partial charge in [0.15, 0.2) is 5.69 Å². The smallest absolute Gasteiger partial charge is 0.307 e. The summed E-state index contributed by atoms with van der Waals surface area (Å²) < 4.78 is 6.26. The summed E-state index contributed by atoms with van der Waals surface area (Å²) in [5.41, 5.74) is 1.53. The standard InChI is InChI=1S/C25H24ClN3O3S/c1-3-32-24(30)14-22-25(31)29(15-17-4-8-20(27-2)9-5-17)11-10-28(22)16-21-12-18-6-7-19(26)13-23(18)33-21/h4-9,12-13,22H,3,10-11,14-16H2,1H3. The average Bonchev–Trinajstić information content (AvgIpc) is 3.20. The topological polar surface area (TPSA) is 54.2 Å². The number of carbonyl (C=O) groups excluding carboxylic acids is 2. The summed E-state index contributed by atoms with van der Waals surface area (Å²) in [6.45, 7) is 11.4. The number of piperazine rings is 1. The van der Waals surface area contributed by atoms with Crippen molar-refractivity contribution >= 4 is 50.6 Å². The van der Waals surface area contributed by atoms with Crippen LogP contribution in [0.1, 0.15) is 23.8 Å². The molecule has 1 saturated heterocycles. The Kier molecular flexibility index (Phi) is 7.29. The summed E-state index contributed by atoms with van der Waals surface area (Å²) in [6, 6.07) is 14.6. The number of halogens is 1. The molecule has 1 aliphatic rings. The van der Waals surface area contributed by atoms with Crippen molar-refractivity contribution in [3.63, 3.8) is 0 Å². The van der Waals surface area contributed by atoms with Gasteiger partial charge in [-0.05, 0) is 36.1 Å². The molecule has 1 unspecified atom stereocenters. The minimum absolute atomic E-state index is 0.0244. The summed E-state index contributed by atoms with van der Waals surface area (Å²) in [7, 11) is 0. The molecule has 33 heavy (non-hydrogen) atoms. The predicted octanol–water partition coefficient (Wildman–Crippen LogP) is 5.27. The van der Waals surface area contributed by atoms with Crippen LogP contribution in [0.3, 0.4) is 0 Å². The quantitative estimate of drug-likeness (QED) is 0.340. The summed E-state index contributed by atoms with van der Waals surface area (Å²) >= 11 is 7.78. The third kappa shape index (κ3) is 5.53. The first-order chi connectivity index (χ1) is 16.0. The number of fused-ring (bicyclic) bond motifs is 1. The molecule has 0 bridgehead atoms. The lowest BCUT2D eigenvalue weighted by Gasteiger charge is -2.40. The van der Waals surface area contributed by atoms with Crippen LogP contribution in [0.15, 0.2) is 48.5 Å². The highest BCUT2D eigenvalue weighted by Gasteiger charge is 2.36. The van der Waals surface area contributed by atoms with Gasteiger partial charge in [0.25, 0.3) is 0 Å². The molecule has 2 heterocycles. The summed E-state index contributed by atoms with van der Waals surface area (Å²) in [5.74, 6) is -0.444.